The van der Waals surface area contributed by atoms with Crippen molar-refractivity contribution in [3.8, 4) is 6.07 Å². The summed E-state index contributed by atoms with van der Waals surface area (Å²) in [6.45, 7) is 7.02. The lowest BCUT2D eigenvalue weighted by molar-refractivity contribution is -0.120. The number of carbonyl (C=O) groups excluding carboxylic acids is 1. The molecule has 0 aliphatic heterocycles. The van der Waals surface area contributed by atoms with Gasteiger partial charge in [-0.25, -0.2) is 0 Å². The second-order valence-corrected chi connectivity index (χ2v) is 3.67. The van der Waals surface area contributed by atoms with Crippen LogP contribution in [-0.2, 0) is 4.79 Å². The minimum absolute atomic E-state index is 0.0484. The topological polar surface area (TPSA) is 64.9 Å². The predicted molar refractivity (Wildman–Crippen MR) is 55.5 cm³/mol. The molecule has 1 unspecified atom stereocenters. The minimum atomic E-state index is -0.0484. The molecule has 0 saturated carbocycles. The van der Waals surface area contributed by atoms with E-state index in [9.17, 15) is 4.79 Å². The molecule has 14 heavy (non-hydrogen) atoms. The molecule has 1 amide bonds. The van der Waals surface area contributed by atoms with Crippen molar-refractivity contribution in [3.05, 3.63) is 0 Å². The number of hydrogen-bond donors (Lipinski definition) is 2. The molecular weight excluding hydrogens is 178 g/mol. The average molecular weight is 197 g/mol. The van der Waals surface area contributed by atoms with Crippen molar-refractivity contribution in [1.82, 2.24) is 10.6 Å². The SMILES string of the molecule is CC(C)C(C)NCC(=O)NCCC#N. The maximum Gasteiger partial charge on any atom is 0.233 e. The van der Waals surface area contributed by atoms with Crippen LogP contribution < -0.4 is 10.6 Å². The second kappa shape index (κ2) is 7.34. The van der Waals surface area contributed by atoms with Crippen LogP contribution >= 0.6 is 0 Å². The zero-order valence-corrected chi connectivity index (χ0v) is 9.13. The van der Waals surface area contributed by atoms with Gasteiger partial charge in [-0.3, -0.25) is 4.79 Å². The van der Waals surface area contributed by atoms with Gasteiger partial charge in [-0.2, -0.15) is 5.26 Å². The van der Waals surface area contributed by atoms with E-state index in [-0.39, 0.29) is 5.91 Å². The van der Waals surface area contributed by atoms with E-state index in [1.807, 2.05) is 13.0 Å². The Balaban J connectivity index is 3.50. The molecule has 80 valence electrons. The van der Waals surface area contributed by atoms with Crippen LogP contribution in [0.4, 0.5) is 0 Å². The minimum Gasteiger partial charge on any atom is -0.354 e. The molecule has 0 aromatic rings. The first-order valence-electron chi connectivity index (χ1n) is 4.95. The van der Waals surface area contributed by atoms with Gasteiger partial charge in [-0.15, -0.1) is 0 Å². The zero-order valence-electron chi connectivity index (χ0n) is 9.13. The highest BCUT2D eigenvalue weighted by Gasteiger charge is 2.07. The van der Waals surface area contributed by atoms with Crippen LogP contribution in [0.3, 0.4) is 0 Å². The highest BCUT2D eigenvalue weighted by Crippen LogP contribution is 1.98. The molecule has 0 fully saturated rings. The van der Waals surface area contributed by atoms with Gasteiger partial charge < -0.3 is 10.6 Å². The third kappa shape index (κ3) is 6.44. The van der Waals surface area contributed by atoms with Crippen molar-refractivity contribution in [2.24, 2.45) is 5.92 Å². The van der Waals surface area contributed by atoms with E-state index in [0.29, 0.717) is 31.5 Å². The van der Waals surface area contributed by atoms with E-state index in [2.05, 4.69) is 24.5 Å². The number of rotatable bonds is 6. The first kappa shape index (κ1) is 12.9. The predicted octanol–water partition coefficient (Wildman–Crippen LogP) is 0.650. The molecular formula is C10H19N3O. The summed E-state index contributed by atoms with van der Waals surface area (Å²) < 4.78 is 0. The molecule has 0 bridgehead atoms. The fourth-order valence-corrected chi connectivity index (χ4v) is 0.810. The summed E-state index contributed by atoms with van der Waals surface area (Å²) in [6.07, 6.45) is 0.367. The van der Waals surface area contributed by atoms with Crippen LogP contribution in [0, 0.1) is 17.2 Å². The highest BCUT2D eigenvalue weighted by molar-refractivity contribution is 5.77. The number of carbonyl (C=O) groups is 1. The first-order valence-corrected chi connectivity index (χ1v) is 4.95. The van der Waals surface area contributed by atoms with Crippen molar-refractivity contribution in [2.75, 3.05) is 13.1 Å². The molecule has 0 aromatic heterocycles. The van der Waals surface area contributed by atoms with Gasteiger partial charge in [-0.1, -0.05) is 13.8 Å². The van der Waals surface area contributed by atoms with Crippen molar-refractivity contribution in [1.29, 1.82) is 5.26 Å². The Bertz CT molecular complexity index is 208. The van der Waals surface area contributed by atoms with Crippen molar-refractivity contribution in [3.63, 3.8) is 0 Å². The van der Waals surface area contributed by atoms with Gasteiger partial charge >= 0.3 is 0 Å². The summed E-state index contributed by atoms with van der Waals surface area (Å²) in [7, 11) is 0. The summed E-state index contributed by atoms with van der Waals surface area (Å²) >= 11 is 0. The number of nitrogens with zero attached hydrogens (tertiary/aromatic N) is 1. The van der Waals surface area contributed by atoms with Gasteiger partial charge in [0.15, 0.2) is 0 Å². The zero-order chi connectivity index (χ0) is 11.0. The molecule has 2 N–H and O–H groups in total. The molecule has 0 heterocycles. The van der Waals surface area contributed by atoms with E-state index >= 15 is 0 Å². The van der Waals surface area contributed by atoms with Crippen LogP contribution in [0.5, 0.6) is 0 Å². The molecule has 0 aliphatic carbocycles. The number of nitrogens with one attached hydrogen (secondary N) is 2. The molecule has 0 saturated heterocycles. The molecule has 0 aromatic carbocycles. The average Bonchev–Trinajstić information content (AvgIpc) is 2.14. The highest BCUT2D eigenvalue weighted by atomic mass is 16.1. The number of amides is 1. The Morgan fingerprint density at radius 3 is 2.57 bits per heavy atom. The largest absolute Gasteiger partial charge is 0.354 e. The second-order valence-electron chi connectivity index (χ2n) is 3.67. The van der Waals surface area contributed by atoms with Gasteiger partial charge in [0.25, 0.3) is 0 Å². The van der Waals surface area contributed by atoms with Crippen molar-refractivity contribution >= 4 is 5.91 Å². The van der Waals surface area contributed by atoms with Crippen LogP contribution in [-0.4, -0.2) is 25.0 Å². The smallest absolute Gasteiger partial charge is 0.233 e. The third-order valence-corrected chi connectivity index (χ3v) is 2.14. The monoisotopic (exact) mass is 197 g/mol. The summed E-state index contributed by atoms with van der Waals surface area (Å²) in [5.41, 5.74) is 0. The third-order valence-electron chi connectivity index (χ3n) is 2.14. The lowest BCUT2D eigenvalue weighted by Crippen LogP contribution is -2.40. The number of nitriles is 1. The van der Waals surface area contributed by atoms with E-state index in [0.717, 1.165) is 0 Å². The van der Waals surface area contributed by atoms with Gasteiger partial charge in [0, 0.05) is 12.6 Å². The molecule has 0 aliphatic rings. The maximum absolute atomic E-state index is 11.2. The van der Waals surface area contributed by atoms with Crippen LogP contribution in [0.1, 0.15) is 27.2 Å². The molecule has 4 nitrogen and oxygen atoms in total. The molecule has 0 rings (SSSR count). The van der Waals surface area contributed by atoms with E-state index in [1.54, 1.807) is 0 Å². The summed E-state index contributed by atoms with van der Waals surface area (Å²) in [4.78, 5) is 11.2. The lowest BCUT2D eigenvalue weighted by atomic mass is 10.1. The Labute approximate surface area is 85.7 Å². The fourth-order valence-electron chi connectivity index (χ4n) is 0.810. The van der Waals surface area contributed by atoms with Gasteiger partial charge in [0.05, 0.1) is 19.0 Å². The standard InChI is InChI=1S/C10H19N3O/c1-8(2)9(3)13-7-10(14)12-6-4-5-11/h8-9,13H,4,6-7H2,1-3H3,(H,12,14). The molecule has 4 heteroatoms. The molecule has 0 radical (unpaired) electrons. The van der Waals surface area contributed by atoms with E-state index in [4.69, 9.17) is 5.26 Å². The summed E-state index contributed by atoms with van der Waals surface area (Å²) in [5.74, 6) is 0.467. The molecule has 1 atom stereocenters. The lowest BCUT2D eigenvalue weighted by Gasteiger charge is -2.16. The Morgan fingerprint density at radius 2 is 2.07 bits per heavy atom. The Kier molecular flexibility index (Phi) is 6.77. The van der Waals surface area contributed by atoms with Crippen LogP contribution in [0.25, 0.3) is 0 Å². The van der Waals surface area contributed by atoms with Crippen molar-refractivity contribution < 1.29 is 4.79 Å². The summed E-state index contributed by atoms with van der Waals surface area (Å²) in [5, 5.41) is 14.0. The first-order chi connectivity index (χ1) is 6.57. The maximum atomic E-state index is 11.2. The Morgan fingerprint density at radius 1 is 1.43 bits per heavy atom. The molecule has 0 spiro atoms. The van der Waals surface area contributed by atoms with Crippen LogP contribution in [0.2, 0.25) is 0 Å². The fraction of sp³-hybridized carbons (Fsp3) is 0.800. The summed E-state index contributed by atoms with van der Waals surface area (Å²) in [6, 6.07) is 2.30. The van der Waals surface area contributed by atoms with Crippen molar-refractivity contribution in [2.45, 2.75) is 33.2 Å². The van der Waals surface area contributed by atoms with Gasteiger partial charge in [-0.05, 0) is 12.8 Å². The van der Waals surface area contributed by atoms with Gasteiger partial charge in [0.2, 0.25) is 5.91 Å². The number of hydrogen-bond acceptors (Lipinski definition) is 3. The van der Waals surface area contributed by atoms with E-state index < -0.39 is 0 Å². The van der Waals surface area contributed by atoms with E-state index in [1.165, 1.54) is 0 Å². The quantitative estimate of drug-likeness (QED) is 0.614. The normalized spacial score (nSPS) is 12.2. The van der Waals surface area contributed by atoms with Crippen LogP contribution in [0.15, 0.2) is 0 Å². The Hall–Kier alpha value is -1.08. The van der Waals surface area contributed by atoms with Gasteiger partial charge in [0.1, 0.15) is 0 Å².